The van der Waals surface area contributed by atoms with Crippen LogP contribution in [-0.2, 0) is 11.2 Å². The number of aromatic nitrogens is 1. The largest absolute Gasteiger partial charge is 0.481 e. The number of amides is 4. The van der Waals surface area contributed by atoms with Crippen molar-refractivity contribution in [3.63, 3.8) is 0 Å². The van der Waals surface area contributed by atoms with E-state index in [9.17, 15) is 14.4 Å². The molecule has 0 radical (unpaired) electrons. The van der Waals surface area contributed by atoms with E-state index in [0.29, 0.717) is 18.0 Å². The maximum absolute atomic E-state index is 13.2. The molecular weight excluding hydrogens is 444 g/mol. The molecule has 0 bridgehead atoms. The maximum Gasteiger partial charge on any atom is 0.329 e. The standard InChI is InChI=1S/C24H21ClN4O4/c1-24(14-15-7-4-3-5-8-15)22(31)29(23(32)28-24)19-12-11-16(13-17(19)25)26-21(30)18-9-6-10-20(27-18)33-2/h3-13H,14H2,1-2H3,(H,26,30)(H,28,32)/t24-/m0/s1. The summed E-state index contributed by atoms with van der Waals surface area (Å²) in [5.41, 5.74) is 0.601. The summed E-state index contributed by atoms with van der Waals surface area (Å²) < 4.78 is 5.03. The normalized spacial score (nSPS) is 17.6. The second-order valence-corrected chi connectivity index (χ2v) is 8.16. The molecule has 4 rings (SSSR count). The van der Waals surface area contributed by atoms with Gasteiger partial charge in [0.25, 0.3) is 11.8 Å². The summed E-state index contributed by atoms with van der Waals surface area (Å²) in [5, 5.41) is 5.60. The van der Waals surface area contributed by atoms with Crippen LogP contribution < -0.4 is 20.3 Å². The number of imide groups is 1. The molecular formula is C24H21ClN4O4. The Morgan fingerprint density at radius 2 is 1.88 bits per heavy atom. The molecule has 2 N–H and O–H groups in total. The summed E-state index contributed by atoms with van der Waals surface area (Å²) in [7, 11) is 1.46. The number of anilines is 2. The first-order valence-electron chi connectivity index (χ1n) is 10.1. The van der Waals surface area contributed by atoms with Gasteiger partial charge in [-0.3, -0.25) is 9.59 Å². The topological polar surface area (TPSA) is 101 Å². The number of rotatable bonds is 6. The summed E-state index contributed by atoms with van der Waals surface area (Å²) in [6, 6.07) is 18.3. The lowest BCUT2D eigenvalue weighted by molar-refractivity contribution is -0.121. The first-order valence-corrected chi connectivity index (χ1v) is 10.5. The predicted octanol–water partition coefficient (Wildman–Crippen LogP) is 4.05. The van der Waals surface area contributed by atoms with Crippen molar-refractivity contribution in [2.75, 3.05) is 17.3 Å². The number of urea groups is 1. The molecule has 1 aromatic heterocycles. The number of halogens is 1. The smallest absolute Gasteiger partial charge is 0.329 e. The van der Waals surface area contributed by atoms with E-state index in [1.165, 1.54) is 19.2 Å². The Morgan fingerprint density at radius 1 is 1.12 bits per heavy atom. The molecule has 1 fully saturated rings. The summed E-state index contributed by atoms with van der Waals surface area (Å²) in [4.78, 5) is 43.5. The Hall–Kier alpha value is -3.91. The van der Waals surface area contributed by atoms with E-state index in [0.717, 1.165) is 10.5 Å². The molecule has 0 aliphatic carbocycles. The van der Waals surface area contributed by atoms with Gasteiger partial charge in [-0.05, 0) is 36.8 Å². The predicted molar refractivity (Wildman–Crippen MR) is 125 cm³/mol. The molecule has 0 saturated carbocycles. The van der Waals surface area contributed by atoms with Crippen molar-refractivity contribution in [3.05, 3.63) is 83.0 Å². The molecule has 33 heavy (non-hydrogen) atoms. The van der Waals surface area contributed by atoms with Gasteiger partial charge in [0.2, 0.25) is 5.88 Å². The first kappa shape index (κ1) is 22.3. The number of methoxy groups -OCH3 is 1. The van der Waals surface area contributed by atoms with E-state index in [1.807, 2.05) is 30.3 Å². The van der Waals surface area contributed by atoms with Crippen molar-refractivity contribution in [3.8, 4) is 5.88 Å². The summed E-state index contributed by atoms with van der Waals surface area (Å²) >= 11 is 6.41. The number of hydrogen-bond acceptors (Lipinski definition) is 5. The third kappa shape index (κ3) is 4.51. The van der Waals surface area contributed by atoms with Crippen LogP contribution in [-0.4, -0.2) is 35.5 Å². The molecule has 0 unspecified atom stereocenters. The fourth-order valence-electron chi connectivity index (χ4n) is 3.64. The fourth-order valence-corrected chi connectivity index (χ4v) is 3.91. The lowest BCUT2D eigenvalue weighted by Gasteiger charge is -2.22. The molecule has 8 nitrogen and oxygen atoms in total. The highest BCUT2D eigenvalue weighted by molar-refractivity contribution is 6.36. The molecule has 1 aliphatic heterocycles. The number of ether oxygens (including phenoxy) is 1. The molecule has 1 atom stereocenters. The molecule has 2 aromatic carbocycles. The van der Waals surface area contributed by atoms with E-state index in [2.05, 4.69) is 15.6 Å². The highest BCUT2D eigenvalue weighted by Crippen LogP contribution is 2.34. The van der Waals surface area contributed by atoms with E-state index in [1.54, 1.807) is 31.2 Å². The van der Waals surface area contributed by atoms with Crippen LogP contribution in [0.4, 0.5) is 16.2 Å². The van der Waals surface area contributed by atoms with Crippen molar-refractivity contribution < 1.29 is 19.1 Å². The fraction of sp³-hybridized carbons (Fsp3) is 0.167. The van der Waals surface area contributed by atoms with Gasteiger partial charge in [0.05, 0.1) is 17.8 Å². The molecule has 1 saturated heterocycles. The van der Waals surface area contributed by atoms with Crippen molar-refractivity contribution in [1.82, 2.24) is 10.3 Å². The van der Waals surface area contributed by atoms with Gasteiger partial charge in [-0.15, -0.1) is 0 Å². The van der Waals surface area contributed by atoms with Gasteiger partial charge in [-0.2, -0.15) is 0 Å². The molecule has 4 amide bonds. The van der Waals surface area contributed by atoms with Gasteiger partial charge in [0.1, 0.15) is 11.2 Å². The third-order valence-electron chi connectivity index (χ3n) is 5.27. The minimum Gasteiger partial charge on any atom is -0.481 e. The first-order chi connectivity index (χ1) is 15.8. The van der Waals surface area contributed by atoms with Gasteiger partial charge in [-0.25, -0.2) is 14.7 Å². The van der Waals surface area contributed by atoms with Crippen molar-refractivity contribution >= 4 is 40.8 Å². The number of hydrogen-bond donors (Lipinski definition) is 2. The average Bonchev–Trinajstić information content (AvgIpc) is 3.02. The van der Waals surface area contributed by atoms with Gasteiger partial charge < -0.3 is 15.4 Å². The Labute approximate surface area is 195 Å². The summed E-state index contributed by atoms with van der Waals surface area (Å²) in [6.45, 7) is 1.68. The molecule has 9 heteroatoms. The van der Waals surface area contributed by atoms with Gasteiger partial charge in [0.15, 0.2) is 0 Å². The zero-order valence-electron chi connectivity index (χ0n) is 18.0. The van der Waals surface area contributed by atoms with Crippen molar-refractivity contribution in [1.29, 1.82) is 0 Å². The molecule has 168 valence electrons. The van der Waals surface area contributed by atoms with E-state index < -0.39 is 23.4 Å². The van der Waals surface area contributed by atoms with Gasteiger partial charge >= 0.3 is 6.03 Å². The number of carbonyl (C=O) groups is 3. The number of carbonyl (C=O) groups excluding carboxylic acids is 3. The van der Waals surface area contributed by atoms with Crippen LogP contribution in [0.2, 0.25) is 5.02 Å². The quantitative estimate of drug-likeness (QED) is 0.536. The highest BCUT2D eigenvalue weighted by Gasteiger charge is 2.48. The summed E-state index contributed by atoms with van der Waals surface area (Å²) in [5.74, 6) is -0.549. The Bertz CT molecular complexity index is 1230. The molecule has 3 aromatic rings. The van der Waals surface area contributed by atoms with Gasteiger partial charge in [-0.1, -0.05) is 48.0 Å². The Balaban J connectivity index is 1.53. The number of nitrogens with zero attached hydrogens (tertiary/aromatic N) is 2. The zero-order chi connectivity index (χ0) is 23.6. The molecule has 1 aliphatic rings. The summed E-state index contributed by atoms with van der Waals surface area (Å²) in [6.07, 6.45) is 0.341. The van der Waals surface area contributed by atoms with Crippen LogP contribution in [0, 0.1) is 0 Å². The van der Waals surface area contributed by atoms with Crippen LogP contribution in [0.3, 0.4) is 0 Å². The van der Waals surface area contributed by atoms with Crippen LogP contribution in [0.15, 0.2) is 66.7 Å². The van der Waals surface area contributed by atoms with Crippen LogP contribution in [0.25, 0.3) is 0 Å². The molecule has 2 heterocycles. The van der Waals surface area contributed by atoms with Crippen LogP contribution >= 0.6 is 11.6 Å². The average molecular weight is 465 g/mol. The lowest BCUT2D eigenvalue weighted by Crippen LogP contribution is -2.46. The SMILES string of the molecule is COc1cccc(C(=O)Nc2ccc(N3C(=O)N[C@@](C)(Cc4ccccc4)C3=O)c(Cl)c2)n1. The Kier molecular flexibility index (Phi) is 6.02. The molecule has 0 spiro atoms. The zero-order valence-corrected chi connectivity index (χ0v) is 18.7. The number of benzene rings is 2. The van der Waals surface area contributed by atoms with Crippen molar-refractivity contribution in [2.45, 2.75) is 18.9 Å². The second-order valence-electron chi connectivity index (χ2n) is 7.75. The monoisotopic (exact) mass is 464 g/mol. The minimum absolute atomic E-state index is 0.138. The van der Waals surface area contributed by atoms with Crippen LogP contribution in [0.5, 0.6) is 5.88 Å². The van der Waals surface area contributed by atoms with E-state index in [-0.39, 0.29) is 16.4 Å². The maximum atomic E-state index is 13.2. The second kappa shape index (κ2) is 8.91. The minimum atomic E-state index is -1.10. The number of nitrogens with one attached hydrogen (secondary N) is 2. The third-order valence-corrected chi connectivity index (χ3v) is 5.58. The van der Waals surface area contributed by atoms with Crippen molar-refractivity contribution in [2.24, 2.45) is 0 Å². The van der Waals surface area contributed by atoms with Gasteiger partial charge in [0, 0.05) is 18.2 Å². The Morgan fingerprint density at radius 3 is 2.58 bits per heavy atom. The lowest BCUT2D eigenvalue weighted by atomic mass is 9.93. The van der Waals surface area contributed by atoms with Crippen LogP contribution in [0.1, 0.15) is 23.0 Å². The van der Waals surface area contributed by atoms with E-state index in [4.69, 9.17) is 16.3 Å². The van der Waals surface area contributed by atoms with E-state index >= 15 is 0 Å². The highest BCUT2D eigenvalue weighted by atomic mass is 35.5. The number of pyridine rings is 1.